The molecule has 1 saturated heterocycles. The molecule has 2 aromatic rings. The molecule has 2 heterocycles. The summed E-state index contributed by atoms with van der Waals surface area (Å²) in [4.78, 5) is 13.6. The van der Waals surface area contributed by atoms with Gasteiger partial charge in [0.1, 0.15) is 12.0 Å². The molecule has 0 bridgehead atoms. The highest BCUT2D eigenvalue weighted by atomic mass is 16.7. The summed E-state index contributed by atoms with van der Waals surface area (Å²) in [6.07, 6.45) is 4.49. The lowest BCUT2D eigenvalue weighted by Gasteiger charge is -2.22. The average molecular weight is 409 g/mol. The third-order valence-corrected chi connectivity index (χ3v) is 6.31. The minimum Gasteiger partial charge on any atom is -0.493 e. The number of hydrogen-bond donors (Lipinski definition) is 0. The first kappa shape index (κ1) is 19.2. The second-order valence-corrected chi connectivity index (χ2v) is 8.35. The lowest BCUT2D eigenvalue weighted by Crippen LogP contribution is -2.25. The van der Waals surface area contributed by atoms with Gasteiger partial charge in [-0.05, 0) is 66.5 Å². The Labute approximate surface area is 176 Å². The number of methoxy groups -OCH3 is 1. The predicted molar refractivity (Wildman–Crippen MR) is 112 cm³/mol. The summed E-state index contributed by atoms with van der Waals surface area (Å²) >= 11 is 0. The van der Waals surface area contributed by atoms with E-state index in [9.17, 15) is 4.79 Å². The summed E-state index contributed by atoms with van der Waals surface area (Å²) in [6.45, 7) is 2.26. The highest BCUT2D eigenvalue weighted by Crippen LogP contribution is 2.47. The lowest BCUT2D eigenvalue weighted by molar-refractivity contribution is -0.109. The molecule has 0 radical (unpaired) electrons. The van der Waals surface area contributed by atoms with Crippen molar-refractivity contribution in [2.45, 2.75) is 31.2 Å². The quantitative estimate of drug-likeness (QED) is 0.616. The number of benzene rings is 2. The third kappa shape index (κ3) is 3.84. The molecule has 2 atom stereocenters. The smallest absolute Gasteiger partial charge is 0.231 e. The maximum absolute atomic E-state index is 11.3. The van der Waals surface area contributed by atoms with Crippen LogP contribution >= 0.6 is 0 Å². The van der Waals surface area contributed by atoms with E-state index in [1.165, 1.54) is 18.4 Å². The zero-order valence-electron chi connectivity index (χ0n) is 17.2. The van der Waals surface area contributed by atoms with E-state index in [1.54, 1.807) is 7.11 Å². The van der Waals surface area contributed by atoms with Crippen LogP contribution in [0.3, 0.4) is 0 Å². The molecular weight excluding hydrogens is 382 g/mol. The standard InChI is InChI=1S/C24H27NO5/c1-27-22-11-18(12-23-24(22)30-15-29-23)19-10-21(25(13-19)8-9-26)17-4-6-20(7-5-17)28-14-16-2-3-16/h4-7,9,11-12,16,19,21H,2-3,8,10,13-15H2,1H3/t19-,21-/m1/s1. The topological polar surface area (TPSA) is 57.2 Å². The molecule has 3 aliphatic rings. The molecule has 1 saturated carbocycles. The third-order valence-electron chi connectivity index (χ3n) is 6.31. The second-order valence-electron chi connectivity index (χ2n) is 8.35. The second kappa shape index (κ2) is 8.19. The molecule has 0 spiro atoms. The number of nitrogens with zero attached hydrogens (tertiary/aromatic N) is 1. The van der Waals surface area contributed by atoms with Gasteiger partial charge in [-0.3, -0.25) is 4.90 Å². The van der Waals surface area contributed by atoms with Crippen molar-refractivity contribution in [2.75, 3.05) is 33.6 Å². The Morgan fingerprint density at radius 1 is 1.13 bits per heavy atom. The summed E-state index contributed by atoms with van der Waals surface area (Å²) < 4.78 is 22.5. The van der Waals surface area contributed by atoms with Crippen molar-refractivity contribution in [3.05, 3.63) is 47.5 Å². The molecule has 0 amide bonds. The first-order valence-corrected chi connectivity index (χ1v) is 10.6. The molecule has 1 aliphatic carbocycles. The van der Waals surface area contributed by atoms with Gasteiger partial charge in [-0.15, -0.1) is 0 Å². The predicted octanol–water partition coefficient (Wildman–Crippen LogP) is 3.94. The lowest BCUT2D eigenvalue weighted by atomic mass is 9.93. The van der Waals surface area contributed by atoms with Crippen LogP contribution in [0.1, 0.15) is 42.3 Å². The molecule has 2 aliphatic heterocycles. The molecular formula is C24H27NO5. The Balaban J connectivity index is 1.35. The van der Waals surface area contributed by atoms with Crippen LogP contribution in [0.25, 0.3) is 0 Å². The van der Waals surface area contributed by atoms with Gasteiger partial charge in [-0.25, -0.2) is 0 Å². The molecule has 5 rings (SSSR count). The highest BCUT2D eigenvalue weighted by molar-refractivity contribution is 5.56. The first-order valence-electron chi connectivity index (χ1n) is 10.6. The number of fused-ring (bicyclic) bond motifs is 1. The van der Waals surface area contributed by atoms with Crippen LogP contribution in [0.2, 0.25) is 0 Å². The van der Waals surface area contributed by atoms with Gasteiger partial charge in [-0.1, -0.05) is 12.1 Å². The summed E-state index contributed by atoms with van der Waals surface area (Å²) in [7, 11) is 1.64. The van der Waals surface area contributed by atoms with Gasteiger partial charge < -0.3 is 23.7 Å². The SMILES string of the molecule is COc1cc([C@@H]2C[C@H](c3ccc(OCC4CC4)cc3)N(CC=O)C2)cc2c1OCO2. The van der Waals surface area contributed by atoms with E-state index in [-0.39, 0.29) is 18.8 Å². The van der Waals surface area contributed by atoms with E-state index >= 15 is 0 Å². The van der Waals surface area contributed by atoms with Gasteiger partial charge in [0, 0.05) is 12.6 Å². The van der Waals surface area contributed by atoms with Gasteiger partial charge in [-0.2, -0.15) is 0 Å². The normalized spacial score (nSPS) is 22.8. The fourth-order valence-electron chi connectivity index (χ4n) is 4.46. The van der Waals surface area contributed by atoms with Crippen molar-refractivity contribution in [2.24, 2.45) is 5.92 Å². The van der Waals surface area contributed by atoms with Gasteiger partial charge in [0.15, 0.2) is 11.5 Å². The number of likely N-dealkylation sites (tertiary alicyclic amines) is 1. The van der Waals surface area contributed by atoms with Crippen molar-refractivity contribution in [1.82, 2.24) is 4.90 Å². The van der Waals surface area contributed by atoms with Gasteiger partial charge >= 0.3 is 0 Å². The number of carbonyl (C=O) groups excluding carboxylic acids is 1. The molecule has 2 fully saturated rings. The van der Waals surface area contributed by atoms with Crippen LogP contribution in [0.4, 0.5) is 0 Å². The maximum Gasteiger partial charge on any atom is 0.231 e. The Hall–Kier alpha value is -2.73. The van der Waals surface area contributed by atoms with Gasteiger partial charge in [0.05, 0.1) is 20.3 Å². The summed E-state index contributed by atoms with van der Waals surface area (Å²) in [5.74, 6) is 4.03. The average Bonchev–Trinajstić information content (AvgIpc) is 3.31. The molecule has 6 heteroatoms. The fraction of sp³-hybridized carbons (Fsp3) is 0.458. The van der Waals surface area contributed by atoms with E-state index in [2.05, 4.69) is 17.0 Å². The zero-order chi connectivity index (χ0) is 20.5. The number of ether oxygens (including phenoxy) is 4. The monoisotopic (exact) mass is 409 g/mol. The van der Waals surface area contributed by atoms with Crippen molar-refractivity contribution in [1.29, 1.82) is 0 Å². The number of hydrogen-bond acceptors (Lipinski definition) is 6. The minimum atomic E-state index is 0.189. The Morgan fingerprint density at radius 2 is 1.97 bits per heavy atom. The van der Waals surface area contributed by atoms with E-state index in [1.807, 2.05) is 24.3 Å². The molecule has 2 aromatic carbocycles. The zero-order valence-corrected chi connectivity index (χ0v) is 17.2. The fourth-order valence-corrected chi connectivity index (χ4v) is 4.46. The molecule has 0 unspecified atom stereocenters. The molecule has 158 valence electrons. The van der Waals surface area contributed by atoms with E-state index in [0.29, 0.717) is 18.0 Å². The number of rotatable bonds is 8. The van der Waals surface area contributed by atoms with Crippen LogP contribution < -0.4 is 18.9 Å². The van der Waals surface area contributed by atoms with E-state index in [4.69, 9.17) is 18.9 Å². The molecule has 30 heavy (non-hydrogen) atoms. The number of carbonyl (C=O) groups is 1. The minimum absolute atomic E-state index is 0.189. The van der Waals surface area contributed by atoms with Crippen LogP contribution in [-0.2, 0) is 4.79 Å². The first-order chi connectivity index (χ1) is 14.7. The van der Waals surface area contributed by atoms with Gasteiger partial charge in [0.2, 0.25) is 12.5 Å². The van der Waals surface area contributed by atoms with E-state index in [0.717, 1.165) is 48.8 Å². The van der Waals surface area contributed by atoms with Crippen LogP contribution in [0.15, 0.2) is 36.4 Å². The summed E-state index contributed by atoms with van der Waals surface area (Å²) in [6, 6.07) is 12.6. The van der Waals surface area contributed by atoms with Crippen molar-refractivity contribution in [3.63, 3.8) is 0 Å². The molecule has 0 N–H and O–H groups in total. The Bertz CT molecular complexity index is 909. The van der Waals surface area contributed by atoms with Crippen LogP contribution in [-0.4, -0.2) is 44.8 Å². The molecule has 0 aromatic heterocycles. The van der Waals surface area contributed by atoms with E-state index < -0.39 is 0 Å². The Kier molecular flexibility index (Phi) is 5.25. The molecule has 6 nitrogen and oxygen atoms in total. The van der Waals surface area contributed by atoms with Crippen molar-refractivity contribution in [3.8, 4) is 23.0 Å². The highest BCUT2D eigenvalue weighted by Gasteiger charge is 2.35. The van der Waals surface area contributed by atoms with Crippen LogP contribution in [0, 0.1) is 5.92 Å². The summed E-state index contributed by atoms with van der Waals surface area (Å²) in [5.41, 5.74) is 2.37. The summed E-state index contributed by atoms with van der Waals surface area (Å²) in [5, 5.41) is 0. The van der Waals surface area contributed by atoms with Gasteiger partial charge in [0.25, 0.3) is 0 Å². The number of aldehydes is 1. The largest absolute Gasteiger partial charge is 0.493 e. The van der Waals surface area contributed by atoms with Crippen molar-refractivity contribution >= 4 is 6.29 Å². The maximum atomic E-state index is 11.3. The Morgan fingerprint density at radius 3 is 2.70 bits per heavy atom. The van der Waals surface area contributed by atoms with Crippen LogP contribution in [0.5, 0.6) is 23.0 Å². The van der Waals surface area contributed by atoms with Crippen molar-refractivity contribution < 1.29 is 23.7 Å².